The van der Waals surface area contributed by atoms with E-state index in [1.165, 1.54) is 0 Å². The summed E-state index contributed by atoms with van der Waals surface area (Å²) >= 11 is 0. The van der Waals surface area contributed by atoms with Crippen molar-refractivity contribution in [3.8, 4) is 17.1 Å². The number of benzene rings is 2. The fourth-order valence-corrected chi connectivity index (χ4v) is 3.44. The highest BCUT2D eigenvalue weighted by atomic mass is 16.5. The first-order valence-corrected chi connectivity index (χ1v) is 11.1. The van der Waals surface area contributed by atoms with Crippen LogP contribution in [0.15, 0.2) is 47.0 Å². The number of hydrogen-bond donors (Lipinski definition) is 2. The Morgan fingerprint density at radius 3 is 2.67 bits per heavy atom. The minimum Gasteiger partial charge on any atom is -0.494 e. The van der Waals surface area contributed by atoms with Gasteiger partial charge < -0.3 is 19.9 Å². The van der Waals surface area contributed by atoms with Crippen molar-refractivity contribution in [1.82, 2.24) is 10.1 Å². The van der Waals surface area contributed by atoms with Crippen molar-refractivity contribution < 1.29 is 18.8 Å². The van der Waals surface area contributed by atoms with Crippen LogP contribution in [0.2, 0.25) is 0 Å². The molecule has 1 aliphatic heterocycles. The number of rotatable bonds is 7. The van der Waals surface area contributed by atoms with Gasteiger partial charge in [0.05, 0.1) is 6.61 Å². The quantitative estimate of drug-likeness (QED) is 0.507. The summed E-state index contributed by atoms with van der Waals surface area (Å²) in [4.78, 5) is 28.2. The minimum atomic E-state index is -0.208. The summed E-state index contributed by atoms with van der Waals surface area (Å²) in [5.41, 5.74) is 3.24. The molecule has 2 aromatic carbocycles. The number of aromatic nitrogens is 2. The van der Waals surface area contributed by atoms with Gasteiger partial charge in [0.1, 0.15) is 5.75 Å². The summed E-state index contributed by atoms with van der Waals surface area (Å²) in [6.07, 6.45) is 2.15. The Balaban J connectivity index is 1.22. The molecule has 1 aliphatic rings. The molecule has 0 unspecified atom stereocenters. The average Bonchev–Trinajstić information content (AvgIpc) is 3.28. The van der Waals surface area contributed by atoms with Crippen LogP contribution >= 0.6 is 0 Å². The lowest BCUT2D eigenvalue weighted by atomic mass is 9.97. The number of hydrogen-bond acceptors (Lipinski definition) is 6. The Hall–Kier alpha value is -3.68. The number of anilines is 2. The average molecular weight is 449 g/mol. The number of nitrogens with zero attached hydrogens (tertiary/aromatic N) is 2. The van der Waals surface area contributed by atoms with Gasteiger partial charge in [0, 0.05) is 35.2 Å². The molecule has 0 atom stereocenters. The van der Waals surface area contributed by atoms with E-state index < -0.39 is 0 Å². The molecular weight excluding hydrogens is 420 g/mol. The van der Waals surface area contributed by atoms with Gasteiger partial charge in [-0.25, -0.2) is 0 Å². The van der Waals surface area contributed by atoms with E-state index in [0.29, 0.717) is 49.7 Å². The highest BCUT2D eigenvalue weighted by Gasteiger charge is 2.22. The third-order valence-electron chi connectivity index (χ3n) is 5.28. The van der Waals surface area contributed by atoms with Crippen LogP contribution in [-0.2, 0) is 21.4 Å². The maximum atomic E-state index is 12.3. The second-order valence-corrected chi connectivity index (χ2v) is 9.12. The largest absolute Gasteiger partial charge is 0.494 e. The highest BCUT2D eigenvalue weighted by Crippen LogP contribution is 2.27. The molecule has 0 radical (unpaired) electrons. The Labute approximate surface area is 192 Å². The van der Waals surface area contributed by atoms with Crippen LogP contribution in [0.5, 0.6) is 5.75 Å². The van der Waals surface area contributed by atoms with Crippen molar-refractivity contribution in [2.45, 2.75) is 51.9 Å². The van der Waals surface area contributed by atoms with Gasteiger partial charge in [-0.15, -0.1) is 0 Å². The summed E-state index contributed by atoms with van der Waals surface area (Å²) in [5, 5.41) is 9.79. The maximum absolute atomic E-state index is 12.3. The number of carbonyl (C=O) groups is 2. The van der Waals surface area contributed by atoms with Crippen molar-refractivity contribution in [1.29, 1.82) is 0 Å². The molecule has 0 spiro atoms. The molecule has 33 heavy (non-hydrogen) atoms. The SMILES string of the molecule is CC(C)(C)c1nc(-c2ccc(NC(=O)CCCOc3ccc4c(c3)CCC(=O)N4)cc2)no1. The molecule has 1 aromatic heterocycles. The molecule has 8 nitrogen and oxygen atoms in total. The Kier molecular flexibility index (Phi) is 6.44. The monoisotopic (exact) mass is 448 g/mol. The topological polar surface area (TPSA) is 106 Å². The van der Waals surface area contributed by atoms with Gasteiger partial charge in [0.2, 0.25) is 23.5 Å². The molecule has 0 saturated carbocycles. The van der Waals surface area contributed by atoms with Gasteiger partial charge >= 0.3 is 0 Å². The van der Waals surface area contributed by atoms with E-state index in [0.717, 1.165) is 22.6 Å². The first kappa shape index (κ1) is 22.5. The van der Waals surface area contributed by atoms with E-state index in [1.807, 2.05) is 63.2 Å². The van der Waals surface area contributed by atoms with E-state index in [-0.39, 0.29) is 17.2 Å². The number of ether oxygens (including phenoxy) is 1. The molecule has 0 bridgehead atoms. The zero-order valence-corrected chi connectivity index (χ0v) is 19.1. The molecule has 0 saturated heterocycles. The molecule has 2 amide bonds. The van der Waals surface area contributed by atoms with E-state index >= 15 is 0 Å². The molecule has 172 valence electrons. The lowest BCUT2D eigenvalue weighted by molar-refractivity contribution is -0.117. The van der Waals surface area contributed by atoms with Gasteiger partial charge in [-0.2, -0.15) is 4.98 Å². The molecule has 2 N–H and O–H groups in total. The minimum absolute atomic E-state index is 0.0429. The zero-order valence-electron chi connectivity index (χ0n) is 19.1. The first-order valence-electron chi connectivity index (χ1n) is 11.1. The lowest BCUT2D eigenvalue weighted by Crippen LogP contribution is -2.18. The predicted molar refractivity (Wildman–Crippen MR) is 125 cm³/mol. The Bertz CT molecular complexity index is 1150. The summed E-state index contributed by atoms with van der Waals surface area (Å²) < 4.78 is 11.1. The normalized spacial score (nSPS) is 13.2. The Morgan fingerprint density at radius 2 is 1.94 bits per heavy atom. The Morgan fingerprint density at radius 1 is 1.15 bits per heavy atom. The second-order valence-electron chi connectivity index (χ2n) is 9.12. The third kappa shape index (κ3) is 5.77. The molecule has 4 rings (SSSR count). The summed E-state index contributed by atoms with van der Waals surface area (Å²) in [6.45, 7) is 6.48. The van der Waals surface area contributed by atoms with Crippen LogP contribution in [0.1, 0.15) is 51.5 Å². The van der Waals surface area contributed by atoms with Crippen molar-refractivity contribution >= 4 is 23.2 Å². The molecule has 3 aromatic rings. The molecular formula is C25H28N4O4. The summed E-state index contributed by atoms with van der Waals surface area (Å²) in [5.74, 6) is 1.83. The van der Waals surface area contributed by atoms with Gasteiger partial charge in [0.25, 0.3) is 0 Å². The van der Waals surface area contributed by atoms with Crippen molar-refractivity contribution in [3.05, 3.63) is 53.9 Å². The number of nitrogens with one attached hydrogen (secondary N) is 2. The number of aryl methyl sites for hydroxylation is 1. The fourth-order valence-electron chi connectivity index (χ4n) is 3.44. The standard InChI is InChI=1S/C25H28N4O4/c1-25(2,3)24-28-23(29-33-24)16-6-9-18(10-7-16)26-21(30)5-4-14-32-19-11-12-20-17(15-19)8-13-22(31)27-20/h6-7,9-12,15H,4-5,8,13-14H2,1-3H3,(H,26,30)(H,27,31). The van der Waals surface area contributed by atoms with Gasteiger partial charge in [-0.3, -0.25) is 9.59 Å². The third-order valence-corrected chi connectivity index (χ3v) is 5.28. The number of carbonyl (C=O) groups excluding carboxylic acids is 2. The van der Waals surface area contributed by atoms with E-state index in [1.54, 1.807) is 0 Å². The first-order chi connectivity index (χ1) is 15.8. The molecule has 8 heteroatoms. The van der Waals surface area contributed by atoms with Crippen LogP contribution in [0.25, 0.3) is 11.4 Å². The van der Waals surface area contributed by atoms with Crippen molar-refractivity contribution in [2.24, 2.45) is 0 Å². The summed E-state index contributed by atoms with van der Waals surface area (Å²) in [7, 11) is 0. The van der Waals surface area contributed by atoms with E-state index in [2.05, 4.69) is 20.8 Å². The fraction of sp³-hybridized carbons (Fsp3) is 0.360. The van der Waals surface area contributed by atoms with Gasteiger partial charge in [-0.1, -0.05) is 25.9 Å². The van der Waals surface area contributed by atoms with Crippen molar-refractivity contribution in [3.63, 3.8) is 0 Å². The van der Waals surface area contributed by atoms with Gasteiger partial charge in [0.15, 0.2) is 0 Å². The van der Waals surface area contributed by atoms with Crippen molar-refractivity contribution in [2.75, 3.05) is 17.2 Å². The van der Waals surface area contributed by atoms with Crippen LogP contribution in [0, 0.1) is 0 Å². The van der Waals surface area contributed by atoms with Crippen LogP contribution in [0.4, 0.5) is 11.4 Å². The zero-order chi connectivity index (χ0) is 23.4. The molecule has 0 aliphatic carbocycles. The maximum Gasteiger partial charge on any atom is 0.232 e. The van der Waals surface area contributed by atoms with Crippen LogP contribution in [-0.4, -0.2) is 28.6 Å². The van der Waals surface area contributed by atoms with E-state index in [4.69, 9.17) is 9.26 Å². The second kappa shape index (κ2) is 9.44. The van der Waals surface area contributed by atoms with E-state index in [9.17, 15) is 9.59 Å². The number of amides is 2. The lowest BCUT2D eigenvalue weighted by Gasteiger charge is -2.17. The van der Waals surface area contributed by atoms with Gasteiger partial charge in [-0.05, 0) is 60.9 Å². The van der Waals surface area contributed by atoms with Crippen LogP contribution in [0.3, 0.4) is 0 Å². The summed E-state index contributed by atoms with van der Waals surface area (Å²) in [6, 6.07) is 13.0. The molecule has 2 heterocycles. The number of fused-ring (bicyclic) bond motifs is 1. The predicted octanol–water partition coefficient (Wildman–Crippen LogP) is 4.72. The molecule has 0 fully saturated rings. The van der Waals surface area contributed by atoms with Crippen LogP contribution < -0.4 is 15.4 Å². The highest BCUT2D eigenvalue weighted by molar-refractivity contribution is 5.94. The smallest absolute Gasteiger partial charge is 0.232 e.